The number of ether oxygens (including phenoxy) is 2. The number of aliphatic carboxylic acids is 1. The normalized spacial score (nSPS) is 26.8. The van der Waals surface area contributed by atoms with Gasteiger partial charge in [0.15, 0.2) is 5.69 Å². The van der Waals surface area contributed by atoms with Crippen LogP contribution in [0.5, 0.6) is 11.5 Å². The van der Waals surface area contributed by atoms with Gasteiger partial charge in [0.05, 0.1) is 31.2 Å². The molecule has 0 atom stereocenters. The zero-order valence-corrected chi connectivity index (χ0v) is 22.4. The van der Waals surface area contributed by atoms with Gasteiger partial charge in [-0.15, -0.1) is 0 Å². The summed E-state index contributed by atoms with van der Waals surface area (Å²) in [4.78, 5) is 26.7. The minimum Gasteiger partial charge on any atom is -0.496 e. The van der Waals surface area contributed by atoms with Crippen LogP contribution in [-0.4, -0.2) is 46.5 Å². The zero-order valence-electron chi connectivity index (χ0n) is 22.4. The van der Waals surface area contributed by atoms with E-state index < -0.39 is 17.4 Å². The molecule has 3 aromatic rings. The lowest BCUT2D eigenvalue weighted by Crippen LogP contribution is -2.70. The van der Waals surface area contributed by atoms with Gasteiger partial charge in [-0.2, -0.15) is 5.10 Å². The number of nitrogens with two attached hydrogens (primary N) is 1. The second-order valence-electron chi connectivity index (χ2n) is 11.3. The summed E-state index contributed by atoms with van der Waals surface area (Å²) in [5, 5.41) is 18.3. The van der Waals surface area contributed by atoms with Crippen molar-refractivity contribution in [3.63, 3.8) is 0 Å². The molecule has 4 aliphatic carbocycles. The van der Waals surface area contributed by atoms with Crippen molar-refractivity contribution in [1.29, 1.82) is 0 Å². The molecule has 4 N–H and O–H groups in total. The van der Waals surface area contributed by atoms with Crippen molar-refractivity contribution in [3.05, 3.63) is 53.7 Å². The second-order valence-corrected chi connectivity index (χ2v) is 11.3. The van der Waals surface area contributed by atoms with Crippen molar-refractivity contribution in [2.45, 2.75) is 44.6 Å². The fraction of sp³-hybridized carbons (Fsp3) is 0.433. The molecule has 0 aliphatic heterocycles. The number of aromatic nitrogens is 2. The lowest BCUT2D eigenvalue weighted by Gasteiger charge is -2.59. The summed E-state index contributed by atoms with van der Waals surface area (Å²) in [6, 6.07) is 12.6. The Bertz CT molecular complexity index is 1410. The number of carbonyl (C=O) groups excluding carboxylic acids is 1. The standard InChI is InChI=1S/C30H34N4O5/c1-16-9-21(31)7-8-23(16)34-24(27-25(38-2)5-4-6-26(27)39-3)15-22(33-34)28(35)32-30(29(36)37)19-11-17-10-18(13-19)14-20(30)12-17/h4-9,15,17-20H,10-14,31H2,1-3H3,(H,32,35)(H,36,37). The Morgan fingerprint density at radius 3 is 2.15 bits per heavy atom. The van der Waals surface area contributed by atoms with Crippen LogP contribution < -0.4 is 20.5 Å². The summed E-state index contributed by atoms with van der Waals surface area (Å²) in [6.45, 7) is 1.92. The highest BCUT2D eigenvalue weighted by molar-refractivity contribution is 5.98. The van der Waals surface area contributed by atoms with Gasteiger partial charge in [-0.1, -0.05) is 6.07 Å². The Labute approximate surface area is 227 Å². The van der Waals surface area contributed by atoms with Gasteiger partial charge in [-0.05, 0) is 105 Å². The number of aryl methyl sites for hydroxylation is 1. The fourth-order valence-corrected chi connectivity index (χ4v) is 7.66. The summed E-state index contributed by atoms with van der Waals surface area (Å²) in [7, 11) is 3.15. The second kappa shape index (κ2) is 9.32. The molecule has 2 aromatic carbocycles. The van der Waals surface area contributed by atoms with Crippen molar-refractivity contribution in [2.24, 2.45) is 23.7 Å². The summed E-state index contributed by atoms with van der Waals surface area (Å²) in [5.41, 5.74) is 8.29. The summed E-state index contributed by atoms with van der Waals surface area (Å²) < 4.78 is 13.0. The molecule has 7 rings (SSSR count). The average molecular weight is 531 g/mol. The van der Waals surface area contributed by atoms with Crippen LogP contribution in [0.3, 0.4) is 0 Å². The average Bonchev–Trinajstić information content (AvgIpc) is 3.34. The first-order valence-corrected chi connectivity index (χ1v) is 13.5. The van der Waals surface area contributed by atoms with E-state index in [-0.39, 0.29) is 17.5 Å². The highest BCUT2D eigenvalue weighted by Gasteiger charge is 2.62. The van der Waals surface area contributed by atoms with Gasteiger partial charge >= 0.3 is 5.97 Å². The van der Waals surface area contributed by atoms with Crippen LogP contribution in [0.1, 0.15) is 48.2 Å². The van der Waals surface area contributed by atoms with Crippen LogP contribution in [0.2, 0.25) is 0 Å². The van der Waals surface area contributed by atoms with Crippen LogP contribution >= 0.6 is 0 Å². The molecule has 0 unspecified atom stereocenters. The van der Waals surface area contributed by atoms with Gasteiger partial charge in [-0.3, -0.25) is 4.79 Å². The molecule has 4 bridgehead atoms. The molecule has 204 valence electrons. The fourth-order valence-electron chi connectivity index (χ4n) is 7.66. The van der Waals surface area contributed by atoms with Crippen LogP contribution in [0.25, 0.3) is 16.9 Å². The molecule has 1 amide bonds. The van der Waals surface area contributed by atoms with Crippen LogP contribution in [0.15, 0.2) is 42.5 Å². The molecule has 0 saturated heterocycles. The number of nitrogen functional groups attached to an aromatic ring is 1. The lowest BCUT2D eigenvalue weighted by molar-refractivity contribution is -0.163. The SMILES string of the molecule is COc1cccc(OC)c1-c1cc(C(=O)NC2(C(=O)O)C3CC4CC(C3)CC2C4)nn1-c1ccc(N)cc1C. The predicted octanol–water partition coefficient (Wildman–Crippen LogP) is 4.46. The maximum absolute atomic E-state index is 13.9. The van der Waals surface area contributed by atoms with E-state index in [4.69, 9.17) is 20.3 Å². The van der Waals surface area contributed by atoms with Gasteiger partial charge < -0.3 is 25.6 Å². The number of nitrogens with zero attached hydrogens (tertiary/aromatic N) is 2. The van der Waals surface area contributed by atoms with E-state index in [1.165, 1.54) is 6.42 Å². The molecule has 1 heterocycles. The number of hydrogen-bond donors (Lipinski definition) is 3. The van der Waals surface area contributed by atoms with Crippen LogP contribution in [0, 0.1) is 30.6 Å². The molecule has 9 nitrogen and oxygen atoms in total. The summed E-state index contributed by atoms with van der Waals surface area (Å²) >= 11 is 0. The minimum atomic E-state index is -1.27. The molecule has 4 aliphatic rings. The summed E-state index contributed by atoms with van der Waals surface area (Å²) in [5.74, 6) is 0.674. The van der Waals surface area contributed by atoms with E-state index in [1.807, 2.05) is 37.3 Å². The Hall–Kier alpha value is -4.01. The Kier molecular flexibility index (Phi) is 6.04. The molecular weight excluding hydrogens is 496 g/mol. The van der Waals surface area contributed by atoms with Gasteiger partial charge in [0, 0.05) is 5.69 Å². The van der Waals surface area contributed by atoms with Gasteiger partial charge in [0.1, 0.15) is 17.0 Å². The Morgan fingerprint density at radius 2 is 1.62 bits per heavy atom. The number of benzene rings is 2. The van der Waals surface area contributed by atoms with Gasteiger partial charge in [0.2, 0.25) is 0 Å². The van der Waals surface area contributed by atoms with Crippen molar-refractivity contribution in [2.75, 3.05) is 20.0 Å². The number of rotatable bonds is 7. The van der Waals surface area contributed by atoms with E-state index >= 15 is 0 Å². The highest BCUT2D eigenvalue weighted by Crippen LogP contribution is 2.58. The number of methoxy groups -OCH3 is 2. The Morgan fingerprint density at radius 1 is 1.00 bits per heavy atom. The van der Waals surface area contributed by atoms with Crippen LogP contribution in [0.4, 0.5) is 5.69 Å². The first-order valence-electron chi connectivity index (χ1n) is 13.5. The quantitative estimate of drug-likeness (QED) is 0.385. The molecule has 0 spiro atoms. The maximum Gasteiger partial charge on any atom is 0.330 e. The summed E-state index contributed by atoms with van der Waals surface area (Å²) in [6.07, 6.45) is 4.58. The van der Waals surface area contributed by atoms with E-state index in [0.717, 1.165) is 36.9 Å². The number of amides is 1. The van der Waals surface area contributed by atoms with Crippen molar-refractivity contribution in [1.82, 2.24) is 15.1 Å². The molecular formula is C30H34N4O5. The van der Waals surface area contributed by atoms with Crippen LogP contribution in [-0.2, 0) is 4.79 Å². The Balaban J connectivity index is 1.46. The van der Waals surface area contributed by atoms with Crippen molar-refractivity contribution >= 4 is 17.6 Å². The molecule has 1 aromatic heterocycles. The number of nitrogens with one attached hydrogen (secondary N) is 1. The minimum absolute atomic E-state index is 0.0644. The lowest BCUT2D eigenvalue weighted by atomic mass is 9.48. The number of carboxylic acids is 1. The first kappa shape index (κ1) is 25.3. The number of anilines is 1. The van der Waals surface area contributed by atoms with Gasteiger partial charge in [-0.25, -0.2) is 9.48 Å². The third-order valence-electron chi connectivity index (χ3n) is 9.18. The molecule has 4 saturated carbocycles. The van der Waals surface area contributed by atoms with Crippen molar-refractivity contribution in [3.8, 4) is 28.4 Å². The number of carbonyl (C=O) groups is 2. The molecule has 4 fully saturated rings. The van der Waals surface area contributed by atoms with E-state index in [0.29, 0.717) is 40.3 Å². The van der Waals surface area contributed by atoms with E-state index in [2.05, 4.69) is 5.32 Å². The van der Waals surface area contributed by atoms with Gasteiger partial charge in [0.25, 0.3) is 5.91 Å². The largest absolute Gasteiger partial charge is 0.496 e. The molecule has 0 radical (unpaired) electrons. The third-order valence-corrected chi connectivity index (χ3v) is 9.18. The first-order chi connectivity index (χ1) is 18.7. The van der Waals surface area contributed by atoms with Crippen molar-refractivity contribution < 1.29 is 24.2 Å². The number of carboxylic acid groups (broad SMARTS) is 1. The number of hydrogen-bond acceptors (Lipinski definition) is 6. The monoisotopic (exact) mass is 530 g/mol. The maximum atomic E-state index is 13.9. The zero-order chi connectivity index (χ0) is 27.5. The third kappa shape index (κ3) is 3.94. The molecule has 9 heteroatoms. The smallest absolute Gasteiger partial charge is 0.330 e. The van der Waals surface area contributed by atoms with E-state index in [1.54, 1.807) is 31.0 Å². The highest BCUT2D eigenvalue weighted by atomic mass is 16.5. The predicted molar refractivity (Wildman–Crippen MR) is 146 cm³/mol. The topological polar surface area (TPSA) is 129 Å². The van der Waals surface area contributed by atoms with E-state index in [9.17, 15) is 14.7 Å². The molecule has 39 heavy (non-hydrogen) atoms.